The molecule has 8 heteroatoms. The predicted molar refractivity (Wildman–Crippen MR) is 112 cm³/mol. The third-order valence-corrected chi connectivity index (χ3v) is 4.56. The number of amides is 2. The SMILES string of the molecule is Cc1ccc2nc(COc3ccc(C(=O)NNC(=O)c4ccccc4F)cc3)cn2c1. The summed E-state index contributed by atoms with van der Waals surface area (Å²) in [6.07, 6.45) is 3.90. The highest BCUT2D eigenvalue weighted by Crippen LogP contribution is 2.15. The Morgan fingerprint density at radius 1 is 0.968 bits per heavy atom. The van der Waals surface area contributed by atoms with E-state index in [4.69, 9.17) is 4.74 Å². The number of ether oxygens (including phenoxy) is 1. The fourth-order valence-electron chi connectivity index (χ4n) is 2.98. The molecule has 0 atom stereocenters. The Kier molecular flexibility index (Phi) is 5.61. The van der Waals surface area contributed by atoms with E-state index in [2.05, 4.69) is 15.8 Å². The van der Waals surface area contributed by atoms with E-state index in [1.165, 1.54) is 24.3 Å². The van der Waals surface area contributed by atoms with Gasteiger partial charge in [-0.25, -0.2) is 9.37 Å². The number of carbonyl (C=O) groups excluding carboxylic acids is 2. The second kappa shape index (κ2) is 8.66. The lowest BCUT2D eigenvalue weighted by Gasteiger charge is -2.09. The van der Waals surface area contributed by atoms with Gasteiger partial charge in [-0.05, 0) is 55.0 Å². The van der Waals surface area contributed by atoms with Gasteiger partial charge in [-0.15, -0.1) is 0 Å². The van der Waals surface area contributed by atoms with Gasteiger partial charge >= 0.3 is 0 Å². The second-order valence-electron chi connectivity index (χ2n) is 6.91. The fraction of sp³-hybridized carbons (Fsp3) is 0.0870. The number of benzene rings is 2. The molecule has 4 aromatic rings. The highest BCUT2D eigenvalue weighted by atomic mass is 19.1. The van der Waals surface area contributed by atoms with Crippen molar-refractivity contribution in [3.05, 3.63) is 101 Å². The number of hydrogen-bond acceptors (Lipinski definition) is 4. The Morgan fingerprint density at radius 2 is 1.71 bits per heavy atom. The van der Waals surface area contributed by atoms with Gasteiger partial charge in [-0.3, -0.25) is 20.4 Å². The van der Waals surface area contributed by atoms with E-state index in [-0.39, 0.29) is 12.2 Å². The summed E-state index contributed by atoms with van der Waals surface area (Å²) in [5, 5.41) is 0. The van der Waals surface area contributed by atoms with Gasteiger partial charge in [0.15, 0.2) is 0 Å². The summed E-state index contributed by atoms with van der Waals surface area (Å²) in [6.45, 7) is 2.30. The van der Waals surface area contributed by atoms with Crippen LogP contribution in [0.5, 0.6) is 5.75 Å². The molecule has 0 fully saturated rings. The number of halogens is 1. The zero-order valence-corrected chi connectivity index (χ0v) is 16.6. The topological polar surface area (TPSA) is 84.7 Å². The van der Waals surface area contributed by atoms with Crippen molar-refractivity contribution in [3.63, 3.8) is 0 Å². The van der Waals surface area contributed by atoms with Crippen LogP contribution in [0.3, 0.4) is 0 Å². The molecule has 0 spiro atoms. The minimum absolute atomic E-state index is 0.159. The number of aromatic nitrogens is 2. The molecule has 0 bridgehead atoms. The fourth-order valence-corrected chi connectivity index (χ4v) is 2.98. The molecule has 7 nitrogen and oxygen atoms in total. The van der Waals surface area contributed by atoms with Gasteiger partial charge in [0.1, 0.15) is 23.8 Å². The van der Waals surface area contributed by atoms with Crippen LogP contribution in [0.4, 0.5) is 4.39 Å². The van der Waals surface area contributed by atoms with Gasteiger partial charge in [0.05, 0.1) is 11.3 Å². The van der Waals surface area contributed by atoms with E-state index in [1.54, 1.807) is 24.3 Å². The van der Waals surface area contributed by atoms with Gasteiger partial charge in [-0.1, -0.05) is 18.2 Å². The van der Waals surface area contributed by atoms with Crippen LogP contribution < -0.4 is 15.6 Å². The van der Waals surface area contributed by atoms with Crippen LogP contribution in [0, 0.1) is 12.7 Å². The third-order valence-electron chi connectivity index (χ3n) is 4.56. The number of imidazole rings is 1. The lowest BCUT2D eigenvalue weighted by molar-refractivity contribution is 0.0844. The molecule has 0 aliphatic carbocycles. The molecule has 2 amide bonds. The molecule has 156 valence electrons. The summed E-state index contributed by atoms with van der Waals surface area (Å²) >= 11 is 0. The highest BCUT2D eigenvalue weighted by Gasteiger charge is 2.12. The number of pyridine rings is 1. The van der Waals surface area contributed by atoms with Crippen molar-refractivity contribution in [1.82, 2.24) is 20.2 Å². The number of aryl methyl sites for hydroxylation is 1. The maximum Gasteiger partial charge on any atom is 0.272 e. The van der Waals surface area contributed by atoms with Crippen LogP contribution in [0.25, 0.3) is 5.65 Å². The first-order valence-corrected chi connectivity index (χ1v) is 9.52. The molecule has 4 rings (SSSR count). The Morgan fingerprint density at radius 3 is 2.48 bits per heavy atom. The van der Waals surface area contributed by atoms with Crippen molar-refractivity contribution in [2.75, 3.05) is 0 Å². The maximum atomic E-state index is 13.6. The molecule has 0 aliphatic rings. The van der Waals surface area contributed by atoms with Crippen molar-refractivity contribution >= 4 is 17.5 Å². The molecule has 31 heavy (non-hydrogen) atoms. The number of carbonyl (C=O) groups is 2. The Hall–Kier alpha value is -4.20. The molecular weight excluding hydrogens is 399 g/mol. The quantitative estimate of drug-likeness (QED) is 0.487. The molecule has 0 unspecified atom stereocenters. The van der Waals surface area contributed by atoms with Crippen molar-refractivity contribution < 1.29 is 18.7 Å². The third kappa shape index (κ3) is 4.69. The monoisotopic (exact) mass is 418 g/mol. The average molecular weight is 418 g/mol. The summed E-state index contributed by atoms with van der Waals surface area (Å²) in [4.78, 5) is 28.7. The van der Waals surface area contributed by atoms with E-state index in [0.717, 1.165) is 16.9 Å². The highest BCUT2D eigenvalue weighted by molar-refractivity contribution is 5.99. The summed E-state index contributed by atoms with van der Waals surface area (Å²) in [5.74, 6) is -1.38. The lowest BCUT2D eigenvalue weighted by atomic mass is 10.2. The molecule has 2 N–H and O–H groups in total. The van der Waals surface area contributed by atoms with E-state index >= 15 is 0 Å². The summed E-state index contributed by atoms with van der Waals surface area (Å²) in [5.41, 5.74) is 7.37. The van der Waals surface area contributed by atoms with E-state index in [1.807, 2.05) is 35.9 Å². The normalized spacial score (nSPS) is 10.6. The van der Waals surface area contributed by atoms with Crippen LogP contribution in [0.15, 0.2) is 73.1 Å². The molecule has 2 aromatic carbocycles. The van der Waals surface area contributed by atoms with Crippen LogP contribution in [0.1, 0.15) is 32.0 Å². The Labute approximate surface area is 177 Å². The van der Waals surface area contributed by atoms with Gasteiger partial charge in [0.25, 0.3) is 11.8 Å². The number of nitrogens with one attached hydrogen (secondary N) is 2. The Balaban J connectivity index is 1.32. The van der Waals surface area contributed by atoms with Crippen molar-refractivity contribution in [1.29, 1.82) is 0 Å². The smallest absolute Gasteiger partial charge is 0.272 e. The minimum Gasteiger partial charge on any atom is -0.487 e. The standard InChI is InChI=1S/C23H19FN4O3/c1-15-6-11-21-25-17(13-28(21)12-15)14-31-18-9-7-16(8-10-18)22(29)26-27-23(30)19-4-2-3-5-20(19)24/h2-13H,14H2,1H3,(H,26,29)(H,27,30). The van der Waals surface area contributed by atoms with Gasteiger partial charge in [0.2, 0.25) is 0 Å². The number of nitrogens with zero attached hydrogens (tertiary/aromatic N) is 2. The second-order valence-corrected chi connectivity index (χ2v) is 6.91. The van der Waals surface area contributed by atoms with Crippen LogP contribution >= 0.6 is 0 Å². The van der Waals surface area contributed by atoms with Crippen molar-refractivity contribution in [3.8, 4) is 5.75 Å². The summed E-state index contributed by atoms with van der Waals surface area (Å²) < 4.78 is 21.3. The average Bonchev–Trinajstić information content (AvgIpc) is 3.18. The minimum atomic E-state index is -0.742. The van der Waals surface area contributed by atoms with Crippen molar-refractivity contribution in [2.24, 2.45) is 0 Å². The molecule has 2 aromatic heterocycles. The number of rotatable bonds is 5. The molecule has 2 heterocycles. The maximum absolute atomic E-state index is 13.6. The molecule has 0 saturated heterocycles. The lowest BCUT2D eigenvalue weighted by Crippen LogP contribution is -2.41. The zero-order valence-electron chi connectivity index (χ0n) is 16.6. The first kappa shape index (κ1) is 20.1. The first-order valence-electron chi connectivity index (χ1n) is 9.52. The zero-order chi connectivity index (χ0) is 21.8. The molecule has 0 aliphatic heterocycles. The molecule has 0 radical (unpaired) electrons. The van der Waals surface area contributed by atoms with Gasteiger partial charge in [-0.2, -0.15) is 0 Å². The number of fused-ring (bicyclic) bond motifs is 1. The summed E-state index contributed by atoms with van der Waals surface area (Å²) in [7, 11) is 0. The number of hydrazine groups is 1. The largest absolute Gasteiger partial charge is 0.487 e. The molecular formula is C23H19FN4O3. The Bertz CT molecular complexity index is 1250. The van der Waals surface area contributed by atoms with Gasteiger partial charge < -0.3 is 9.14 Å². The van der Waals surface area contributed by atoms with Crippen molar-refractivity contribution in [2.45, 2.75) is 13.5 Å². The van der Waals surface area contributed by atoms with E-state index in [9.17, 15) is 14.0 Å². The first-order chi connectivity index (χ1) is 15.0. The summed E-state index contributed by atoms with van der Waals surface area (Å²) in [6, 6.07) is 15.9. The number of hydrogen-bond donors (Lipinski definition) is 2. The van der Waals surface area contributed by atoms with E-state index < -0.39 is 17.6 Å². The molecule has 0 saturated carbocycles. The van der Waals surface area contributed by atoms with Crippen LogP contribution in [-0.2, 0) is 6.61 Å². The predicted octanol–water partition coefficient (Wildman–Crippen LogP) is 3.44. The van der Waals surface area contributed by atoms with Crippen LogP contribution in [-0.4, -0.2) is 21.2 Å². The van der Waals surface area contributed by atoms with Crippen LogP contribution in [0.2, 0.25) is 0 Å². The van der Waals surface area contributed by atoms with E-state index in [0.29, 0.717) is 11.3 Å². The van der Waals surface area contributed by atoms with Gasteiger partial charge in [0, 0.05) is 18.0 Å².